The fourth-order valence-electron chi connectivity index (χ4n) is 2.65. The van der Waals surface area contributed by atoms with Crippen LogP contribution in [0.15, 0.2) is 47.7 Å². The first-order valence-electron chi connectivity index (χ1n) is 8.57. The molecule has 0 bridgehead atoms. The number of likely N-dealkylation sites (N-methyl/N-ethyl adjacent to an activating group) is 1. The zero-order chi connectivity index (χ0) is 19.4. The Bertz CT molecular complexity index is 1020. The summed E-state index contributed by atoms with van der Waals surface area (Å²) >= 11 is 0. The van der Waals surface area contributed by atoms with Crippen molar-refractivity contribution in [1.29, 1.82) is 0 Å². The van der Waals surface area contributed by atoms with Crippen LogP contribution in [0.5, 0.6) is 0 Å². The second-order valence-corrected chi connectivity index (χ2v) is 5.99. The third-order valence-electron chi connectivity index (χ3n) is 3.99. The van der Waals surface area contributed by atoms with E-state index in [9.17, 15) is 14.4 Å². The van der Waals surface area contributed by atoms with Crippen molar-refractivity contribution in [1.82, 2.24) is 30.0 Å². The molecule has 2 aromatic heterocycles. The van der Waals surface area contributed by atoms with Gasteiger partial charge in [-0.1, -0.05) is 18.2 Å². The number of rotatable bonds is 6. The van der Waals surface area contributed by atoms with Gasteiger partial charge in [0.05, 0.1) is 11.9 Å². The number of nitrogens with one attached hydrogen (secondary N) is 2. The van der Waals surface area contributed by atoms with Gasteiger partial charge in [-0.2, -0.15) is 5.10 Å². The predicted octanol–water partition coefficient (Wildman–Crippen LogP) is 0.223. The van der Waals surface area contributed by atoms with E-state index in [0.717, 1.165) is 5.69 Å². The fraction of sp³-hybridized carbons (Fsp3) is 0.278. The van der Waals surface area contributed by atoms with Crippen LogP contribution in [0, 0.1) is 0 Å². The second-order valence-electron chi connectivity index (χ2n) is 5.99. The van der Waals surface area contributed by atoms with E-state index in [1.54, 1.807) is 18.5 Å². The topological polar surface area (TPSA) is 111 Å². The Morgan fingerprint density at radius 2 is 1.96 bits per heavy atom. The van der Waals surface area contributed by atoms with Crippen molar-refractivity contribution >= 4 is 22.8 Å². The van der Waals surface area contributed by atoms with Crippen LogP contribution in [-0.4, -0.2) is 43.7 Å². The number of fused-ring (bicyclic) bond motifs is 1. The first kappa shape index (κ1) is 18.3. The molecule has 2 amide bonds. The number of para-hydroxylation sites is 1. The summed E-state index contributed by atoms with van der Waals surface area (Å²) < 4.78 is 2.76. The average molecular weight is 368 g/mol. The van der Waals surface area contributed by atoms with Gasteiger partial charge in [-0.3, -0.25) is 19.0 Å². The van der Waals surface area contributed by atoms with Crippen LogP contribution >= 0.6 is 0 Å². The Balaban J connectivity index is 1.81. The molecule has 0 saturated carbocycles. The molecule has 2 N–H and O–H groups in total. The Labute approximate surface area is 155 Å². The van der Waals surface area contributed by atoms with E-state index in [4.69, 9.17) is 0 Å². The molecule has 0 radical (unpaired) electrons. The van der Waals surface area contributed by atoms with Gasteiger partial charge in [0.25, 0.3) is 5.56 Å². The van der Waals surface area contributed by atoms with Crippen molar-refractivity contribution in [2.45, 2.75) is 26.4 Å². The summed E-state index contributed by atoms with van der Waals surface area (Å²) in [5, 5.41) is 9.72. The minimum atomic E-state index is -0.689. The Morgan fingerprint density at radius 3 is 2.67 bits per heavy atom. The van der Waals surface area contributed by atoms with Crippen molar-refractivity contribution in [2.75, 3.05) is 6.54 Å². The van der Waals surface area contributed by atoms with Gasteiger partial charge in [0.1, 0.15) is 24.3 Å². The Kier molecular flexibility index (Phi) is 5.30. The molecule has 0 aliphatic carbocycles. The molecule has 9 heteroatoms. The molecule has 0 aliphatic rings. The summed E-state index contributed by atoms with van der Waals surface area (Å²) in [7, 11) is 0. The van der Waals surface area contributed by atoms with E-state index in [-0.39, 0.29) is 18.0 Å². The van der Waals surface area contributed by atoms with Gasteiger partial charge < -0.3 is 10.6 Å². The summed E-state index contributed by atoms with van der Waals surface area (Å²) in [4.78, 5) is 40.8. The maximum absolute atomic E-state index is 12.6. The highest BCUT2D eigenvalue weighted by Gasteiger charge is 2.17. The van der Waals surface area contributed by atoms with Gasteiger partial charge >= 0.3 is 0 Å². The van der Waals surface area contributed by atoms with E-state index >= 15 is 0 Å². The maximum atomic E-state index is 12.6. The average Bonchev–Trinajstić information content (AvgIpc) is 3.09. The van der Waals surface area contributed by atoms with Crippen LogP contribution in [0.4, 0.5) is 0 Å². The van der Waals surface area contributed by atoms with Crippen molar-refractivity contribution < 1.29 is 9.59 Å². The van der Waals surface area contributed by atoms with Crippen molar-refractivity contribution in [3.63, 3.8) is 0 Å². The highest BCUT2D eigenvalue weighted by molar-refractivity contribution is 5.87. The highest BCUT2D eigenvalue weighted by Crippen LogP contribution is 2.12. The molecular weight excluding hydrogens is 348 g/mol. The number of aromatic nitrogens is 4. The van der Waals surface area contributed by atoms with Gasteiger partial charge in [-0.15, -0.1) is 0 Å². The first-order chi connectivity index (χ1) is 13.0. The number of carbonyl (C=O) groups excluding carboxylic acids is 2. The van der Waals surface area contributed by atoms with Gasteiger partial charge in [0.15, 0.2) is 5.65 Å². The van der Waals surface area contributed by atoms with E-state index < -0.39 is 11.9 Å². The number of hydrogen-bond donors (Lipinski definition) is 2. The van der Waals surface area contributed by atoms with Crippen molar-refractivity contribution in [3.05, 3.63) is 53.2 Å². The first-order valence-corrected chi connectivity index (χ1v) is 8.57. The largest absolute Gasteiger partial charge is 0.355 e. The zero-order valence-electron chi connectivity index (χ0n) is 15.0. The Morgan fingerprint density at radius 1 is 1.22 bits per heavy atom. The van der Waals surface area contributed by atoms with Crippen LogP contribution in [0.2, 0.25) is 0 Å². The fourth-order valence-corrected chi connectivity index (χ4v) is 2.65. The molecular formula is C18H20N6O3. The number of hydrogen-bond acceptors (Lipinski definition) is 5. The number of carbonyl (C=O) groups is 2. The van der Waals surface area contributed by atoms with Crippen LogP contribution in [0.25, 0.3) is 16.7 Å². The normalized spacial score (nSPS) is 11.9. The van der Waals surface area contributed by atoms with Gasteiger partial charge in [-0.05, 0) is 26.0 Å². The lowest BCUT2D eigenvalue weighted by Crippen LogP contribution is -2.46. The van der Waals surface area contributed by atoms with Crippen LogP contribution < -0.4 is 16.2 Å². The van der Waals surface area contributed by atoms with E-state index in [1.165, 1.54) is 17.1 Å². The number of amides is 2. The van der Waals surface area contributed by atoms with Crippen molar-refractivity contribution in [2.24, 2.45) is 0 Å². The molecule has 27 heavy (non-hydrogen) atoms. The quantitative estimate of drug-likeness (QED) is 0.647. The summed E-state index contributed by atoms with van der Waals surface area (Å²) in [5.74, 6) is -0.733. The summed E-state index contributed by atoms with van der Waals surface area (Å²) in [5.41, 5.74) is 0.826. The van der Waals surface area contributed by atoms with Gasteiger partial charge in [-0.25, -0.2) is 9.67 Å². The van der Waals surface area contributed by atoms with Crippen LogP contribution in [-0.2, 0) is 16.1 Å². The molecule has 9 nitrogen and oxygen atoms in total. The monoisotopic (exact) mass is 368 g/mol. The van der Waals surface area contributed by atoms with E-state index in [1.807, 2.05) is 30.3 Å². The molecule has 140 valence electrons. The summed E-state index contributed by atoms with van der Waals surface area (Å²) in [6, 6.07) is 8.64. The van der Waals surface area contributed by atoms with Crippen LogP contribution in [0.3, 0.4) is 0 Å². The molecule has 1 aromatic carbocycles. The number of benzene rings is 1. The zero-order valence-corrected chi connectivity index (χ0v) is 15.0. The lowest BCUT2D eigenvalue weighted by Gasteiger charge is -2.13. The van der Waals surface area contributed by atoms with E-state index in [0.29, 0.717) is 17.6 Å². The molecule has 0 unspecified atom stereocenters. The molecule has 1 atom stereocenters. The summed E-state index contributed by atoms with van der Waals surface area (Å²) in [6.07, 6.45) is 2.74. The molecule has 3 rings (SSSR count). The molecule has 0 saturated heterocycles. The maximum Gasteiger partial charge on any atom is 0.264 e. The predicted molar refractivity (Wildman–Crippen MR) is 99.4 cm³/mol. The van der Waals surface area contributed by atoms with Crippen LogP contribution in [0.1, 0.15) is 13.8 Å². The third-order valence-corrected chi connectivity index (χ3v) is 3.99. The van der Waals surface area contributed by atoms with E-state index in [2.05, 4.69) is 20.7 Å². The summed E-state index contributed by atoms with van der Waals surface area (Å²) in [6.45, 7) is 3.62. The minimum absolute atomic E-state index is 0.234. The van der Waals surface area contributed by atoms with Gasteiger partial charge in [0.2, 0.25) is 11.8 Å². The van der Waals surface area contributed by atoms with Gasteiger partial charge in [0, 0.05) is 6.54 Å². The smallest absolute Gasteiger partial charge is 0.264 e. The standard InChI is InChI=1S/C18H20N6O3/c1-3-19-17(26)12(2)22-15(25)10-23-11-20-16-14(18(23)27)9-21-24(16)13-7-5-4-6-8-13/h4-9,11-12H,3,10H2,1-2H3,(H,19,26)(H,22,25)/t12-/m0/s1. The second kappa shape index (κ2) is 7.81. The molecule has 0 aliphatic heterocycles. The molecule has 3 aromatic rings. The minimum Gasteiger partial charge on any atom is -0.355 e. The lowest BCUT2D eigenvalue weighted by atomic mass is 10.3. The number of nitrogens with zero attached hydrogens (tertiary/aromatic N) is 4. The molecule has 0 spiro atoms. The third kappa shape index (κ3) is 3.86. The molecule has 2 heterocycles. The lowest BCUT2D eigenvalue weighted by molar-refractivity contribution is -0.128. The molecule has 0 fully saturated rings. The highest BCUT2D eigenvalue weighted by atomic mass is 16.2. The Hall–Kier alpha value is -3.49. The SMILES string of the molecule is CCNC(=O)[C@H](C)NC(=O)Cn1cnc2c(cnn2-c2ccccc2)c1=O. The van der Waals surface area contributed by atoms with Crippen molar-refractivity contribution in [3.8, 4) is 5.69 Å².